The lowest BCUT2D eigenvalue weighted by Crippen LogP contribution is -2.14. The number of nitrogens with zero attached hydrogens (tertiary/aromatic N) is 3. The van der Waals surface area contributed by atoms with Crippen LogP contribution < -0.4 is 5.32 Å². The van der Waals surface area contributed by atoms with E-state index < -0.39 is 0 Å². The molecule has 0 aliphatic heterocycles. The van der Waals surface area contributed by atoms with Crippen LogP contribution in [0.15, 0.2) is 42.7 Å². The predicted octanol–water partition coefficient (Wildman–Crippen LogP) is 3.93. The predicted molar refractivity (Wildman–Crippen MR) is 99.6 cm³/mol. The van der Waals surface area contributed by atoms with Gasteiger partial charge in [-0.3, -0.25) is 4.79 Å². The fourth-order valence-corrected chi connectivity index (χ4v) is 3.70. The van der Waals surface area contributed by atoms with Crippen LogP contribution in [0.2, 0.25) is 0 Å². The van der Waals surface area contributed by atoms with Gasteiger partial charge in [0.1, 0.15) is 11.5 Å². The number of benzene rings is 1. The molecule has 0 atom stereocenters. The van der Waals surface area contributed by atoms with Crippen LogP contribution in [0, 0.1) is 6.92 Å². The number of carbonyl (C=O) groups excluding carboxylic acids is 1. The smallest absolute Gasteiger partial charge is 0.275 e. The summed E-state index contributed by atoms with van der Waals surface area (Å²) < 4.78 is 1.92. The number of rotatable bonds is 4. The minimum atomic E-state index is -0.193. The minimum absolute atomic E-state index is 0.193. The number of hydrogen-bond acceptors (Lipinski definition) is 4. The van der Waals surface area contributed by atoms with Crippen molar-refractivity contribution in [3.63, 3.8) is 0 Å². The molecule has 1 amide bonds. The van der Waals surface area contributed by atoms with Crippen molar-refractivity contribution in [1.29, 1.82) is 0 Å². The van der Waals surface area contributed by atoms with Gasteiger partial charge in [0.2, 0.25) is 0 Å². The Hall–Kier alpha value is -2.93. The third kappa shape index (κ3) is 2.94. The highest BCUT2D eigenvalue weighted by Crippen LogP contribution is 2.24. The number of anilines is 1. The van der Waals surface area contributed by atoms with Crippen LogP contribution in [0.1, 0.15) is 28.1 Å². The van der Waals surface area contributed by atoms with Gasteiger partial charge in [-0.25, -0.2) is 9.97 Å². The Morgan fingerprint density at radius 3 is 2.84 bits per heavy atom. The molecule has 0 aliphatic carbocycles. The molecule has 7 heteroatoms. The molecule has 3 heterocycles. The summed E-state index contributed by atoms with van der Waals surface area (Å²) in [5, 5.41) is 3.74. The summed E-state index contributed by atoms with van der Waals surface area (Å²) in [6, 6.07) is 9.51. The molecule has 3 aromatic heterocycles. The van der Waals surface area contributed by atoms with Crippen molar-refractivity contribution in [3.05, 3.63) is 59.1 Å². The van der Waals surface area contributed by atoms with Crippen LogP contribution in [0.5, 0.6) is 0 Å². The molecule has 0 bridgehead atoms. The Kier molecular flexibility index (Phi) is 3.85. The van der Waals surface area contributed by atoms with E-state index in [0.29, 0.717) is 5.69 Å². The number of hydrogen-bond donors (Lipinski definition) is 2. The number of imidazole rings is 1. The van der Waals surface area contributed by atoms with Crippen molar-refractivity contribution in [2.24, 2.45) is 0 Å². The van der Waals surface area contributed by atoms with E-state index in [9.17, 15) is 4.79 Å². The molecule has 0 saturated carbocycles. The lowest BCUT2D eigenvalue weighted by atomic mass is 10.2. The molecular formula is C18H17N5OS. The third-order valence-electron chi connectivity index (χ3n) is 3.91. The maximum absolute atomic E-state index is 12.7. The van der Waals surface area contributed by atoms with Gasteiger partial charge in [0, 0.05) is 23.0 Å². The van der Waals surface area contributed by atoms with E-state index in [4.69, 9.17) is 0 Å². The SMILES string of the molecule is CCc1sc(-n2cccc2)nc1C(=O)Nc1ccc2nc(C)[nH]c2c1. The number of thiazole rings is 1. The second kappa shape index (κ2) is 6.18. The normalized spacial score (nSPS) is 11.1. The van der Waals surface area contributed by atoms with Gasteiger partial charge >= 0.3 is 0 Å². The summed E-state index contributed by atoms with van der Waals surface area (Å²) >= 11 is 1.54. The van der Waals surface area contributed by atoms with Crippen LogP contribution in [-0.2, 0) is 6.42 Å². The lowest BCUT2D eigenvalue weighted by molar-refractivity contribution is 0.102. The molecule has 0 unspecified atom stereocenters. The maximum Gasteiger partial charge on any atom is 0.275 e. The number of carbonyl (C=O) groups is 1. The van der Waals surface area contributed by atoms with Crippen molar-refractivity contribution < 1.29 is 4.79 Å². The first-order chi connectivity index (χ1) is 12.1. The number of fused-ring (bicyclic) bond motifs is 1. The summed E-state index contributed by atoms with van der Waals surface area (Å²) in [6.07, 6.45) is 4.61. The van der Waals surface area contributed by atoms with E-state index >= 15 is 0 Å². The quantitative estimate of drug-likeness (QED) is 0.585. The maximum atomic E-state index is 12.7. The highest BCUT2D eigenvalue weighted by molar-refractivity contribution is 7.14. The van der Waals surface area contributed by atoms with Crippen LogP contribution >= 0.6 is 11.3 Å². The van der Waals surface area contributed by atoms with E-state index in [1.807, 2.05) is 61.1 Å². The Bertz CT molecular complexity index is 1040. The number of aromatic nitrogens is 4. The van der Waals surface area contributed by atoms with Crippen molar-refractivity contribution >= 4 is 34.0 Å². The van der Waals surface area contributed by atoms with Crippen LogP contribution in [0.4, 0.5) is 5.69 Å². The Labute approximate surface area is 148 Å². The minimum Gasteiger partial charge on any atom is -0.342 e. The van der Waals surface area contributed by atoms with Crippen molar-refractivity contribution in [2.45, 2.75) is 20.3 Å². The molecule has 2 N–H and O–H groups in total. The first kappa shape index (κ1) is 15.6. The molecule has 1 aromatic carbocycles. The number of aromatic amines is 1. The zero-order valence-corrected chi connectivity index (χ0v) is 14.7. The fourth-order valence-electron chi connectivity index (χ4n) is 2.73. The van der Waals surface area contributed by atoms with E-state index in [2.05, 4.69) is 20.3 Å². The number of nitrogens with one attached hydrogen (secondary N) is 2. The Morgan fingerprint density at radius 2 is 2.08 bits per heavy atom. The first-order valence-corrected chi connectivity index (χ1v) is 8.86. The van der Waals surface area contributed by atoms with Gasteiger partial charge in [0.15, 0.2) is 5.13 Å². The number of amides is 1. The molecule has 0 saturated heterocycles. The summed E-state index contributed by atoms with van der Waals surface area (Å²) in [4.78, 5) is 25.8. The van der Waals surface area contributed by atoms with Crippen molar-refractivity contribution in [2.75, 3.05) is 5.32 Å². The zero-order chi connectivity index (χ0) is 17.4. The van der Waals surface area contributed by atoms with Gasteiger partial charge in [-0.2, -0.15) is 0 Å². The highest BCUT2D eigenvalue weighted by atomic mass is 32.1. The van der Waals surface area contributed by atoms with Gasteiger partial charge in [0.05, 0.1) is 11.0 Å². The van der Waals surface area contributed by atoms with Gasteiger partial charge in [-0.15, -0.1) is 11.3 Å². The number of aryl methyl sites for hydroxylation is 2. The van der Waals surface area contributed by atoms with Crippen molar-refractivity contribution in [3.8, 4) is 5.13 Å². The highest BCUT2D eigenvalue weighted by Gasteiger charge is 2.18. The largest absolute Gasteiger partial charge is 0.342 e. The summed E-state index contributed by atoms with van der Waals surface area (Å²) in [7, 11) is 0. The molecule has 0 radical (unpaired) electrons. The summed E-state index contributed by atoms with van der Waals surface area (Å²) in [5.74, 6) is 0.657. The van der Waals surface area contributed by atoms with Gasteiger partial charge in [-0.05, 0) is 43.7 Å². The zero-order valence-electron chi connectivity index (χ0n) is 13.9. The van der Waals surface area contributed by atoms with Gasteiger partial charge in [0.25, 0.3) is 5.91 Å². The molecular weight excluding hydrogens is 334 g/mol. The topological polar surface area (TPSA) is 75.6 Å². The molecule has 126 valence electrons. The average molecular weight is 351 g/mol. The summed E-state index contributed by atoms with van der Waals surface area (Å²) in [5.41, 5.74) is 2.99. The van der Waals surface area contributed by atoms with Crippen LogP contribution in [0.3, 0.4) is 0 Å². The Morgan fingerprint density at radius 1 is 1.28 bits per heavy atom. The van der Waals surface area contributed by atoms with Gasteiger partial charge < -0.3 is 14.9 Å². The molecule has 0 fully saturated rings. The second-order valence-electron chi connectivity index (χ2n) is 5.72. The average Bonchev–Trinajstić information content (AvgIpc) is 3.32. The second-order valence-corrected chi connectivity index (χ2v) is 6.78. The monoisotopic (exact) mass is 351 g/mol. The lowest BCUT2D eigenvalue weighted by Gasteiger charge is -2.04. The molecule has 25 heavy (non-hydrogen) atoms. The van der Waals surface area contributed by atoms with Crippen LogP contribution in [0.25, 0.3) is 16.2 Å². The van der Waals surface area contributed by atoms with Gasteiger partial charge in [-0.1, -0.05) is 6.92 Å². The van der Waals surface area contributed by atoms with Crippen LogP contribution in [-0.4, -0.2) is 25.4 Å². The Balaban J connectivity index is 1.63. The van der Waals surface area contributed by atoms with E-state index in [0.717, 1.165) is 39.0 Å². The standard InChI is InChI=1S/C18H17N5OS/c1-3-15-16(22-18(25-15)23-8-4-5-9-23)17(24)21-12-6-7-13-14(10-12)20-11(2)19-13/h4-10H,3H2,1-2H3,(H,19,20)(H,21,24). The fraction of sp³-hybridized carbons (Fsp3) is 0.167. The molecule has 4 aromatic rings. The third-order valence-corrected chi connectivity index (χ3v) is 5.12. The number of H-pyrrole nitrogens is 1. The van der Waals surface area contributed by atoms with E-state index in [1.165, 1.54) is 11.3 Å². The van der Waals surface area contributed by atoms with E-state index in [-0.39, 0.29) is 5.91 Å². The van der Waals surface area contributed by atoms with E-state index in [1.54, 1.807) is 0 Å². The molecule has 0 spiro atoms. The molecule has 4 rings (SSSR count). The molecule has 6 nitrogen and oxygen atoms in total. The molecule has 0 aliphatic rings. The van der Waals surface area contributed by atoms with Crippen molar-refractivity contribution in [1.82, 2.24) is 19.5 Å². The first-order valence-electron chi connectivity index (χ1n) is 8.05. The summed E-state index contributed by atoms with van der Waals surface area (Å²) in [6.45, 7) is 3.94.